The van der Waals surface area contributed by atoms with Crippen LogP contribution in [0, 0.1) is 5.92 Å². The molecule has 80 valence electrons. The molecule has 0 radical (unpaired) electrons. The largest absolute Gasteiger partial charge is 0.389 e. The van der Waals surface area contributed by atoms with Crippen molar-refractivity contribution in [3.63, 3.8) is 0 Å². The molecule has 5 heteroatoms. The Morgan fingerprint density at radius 3 is 2.46 bits per heavy atom. The van der Waals surface area contributed by atoms with Gasteiger partial charge in [-0.3, -0.25) is 0 Å². The van der Waals surface area contributed by atoms with Crippen molar-refractivity contribution in [1.29, 1.82) is 0 Å². The third-order valence-corrected chi connectivity index (χ3v) is 2.52. The summed E-state index contributed by atoms with van der Waals surface area (Å²) in [5.74, 6) is 0.353. The maximum atomic E-state index is 11.6. The summed E-state index contributed by atoms with van der Waals surface area (Å²) in [7, 11) is 0. The average Bonchev–Trinajstić information content (AvgIpc) is 2.01. The van der Waals surface area contributed by atoms with Crippen molar-refractivity contribution in [2.45, 2.75) is 25.9 Å². The second-order valence-electron chi connectivity index (χ2n) is 3.05. The minimum Gasteiger partial charge on any atom is -0.381 e. The first-order valence-electron chi connectivity index (χ1n) is 4.16. The molecular weight excluding hydrogens is 249 g/mol. The smallest absolute Gasteiger partial charge is 0.381 e. The number of halogens is 4. The molecule has 0 heterocycles. The Morgan fingerprint density at radius 1 is 1.38 bits per heavy atom. The van der Waals surface area contributed by atoms with Crippen LogP contribution in [0.2, 0.25) is 0 Å². The molecule has 0 aliphatic rings. The molecule has 0 aromatic heterocycles. The van der Waals surface area contributed by atoms with Gasteiger partial charge >= 0.3 is 6.18 Å². The molecule has 1 unspecified atom stereocenters. The predicted octanol–water partition coefficient (Wildman–Crippen LogP) is 3.38. The van der Waals surface area contributed by atoms with Crippen LogP contribution in [-0.4, -0.2) is 24.7 Å². The lowest BCUT2D eigenvalue weighted by Crippen LogP contribution is -2.11. The molecule has 1 nitrogen and oxygen atoms in total. The van der Waals surface area contributed by atoms with Crippen molar-refractivity contribution in [3.05, 3.63) is 0 Å². The van der Waals surface area contributed by atoms with E-state index in [0.29, 0.717) is 12.5 Å². The van der Waals surface area contributed by atoms with Gasteiger partial charge in [0, 0.05) is 25.0 Å². The number of ether oxygens (including phenoxy) is 1. The van der Waals surface area contributed by atoms with Crippen LogP contribution in [0.25, 0.3) is 0 Å². The summed E-state index contributed by atoms with van der Waals surface area (Å²) in [6.45, 7) is 2.68. The first-order valence-corrected chi connectivity index (χ1v) is 5.28. The fourth-order valence-electron chi connectivity index (χ4n) is 0.704. The Bertz CT molecular complexity index is 127. The van der Waals surface area contributed by atoms with Gasteiger partial charge in [0.2, 0.25) is 0 Å². The van der Waals surface area contributed by atoms with Gasteiger partial charge in [-0.2, -0.15) is 13.2 Å². The number of hydrogen-bond donors (Lipinski definition) is 0. The van der Waals surface area contributed by atoms with E-state index in [9.17, 15) is 13.2 Å². The zero-order valence-corrected chi connectivity index (χ0v) is 9.12. The molecule has 0 amide bonds. The van der Waals surface area contributed by atoms with Crippen LogP contribution >= 0.6 is 15.9 Å². The van der Waals surface area contributed by atoms with Crippen molar-refractivity contribution in [3.8, 4) is 0 Å². The summed E-state index contributed by atoms with van der Waals surface area (Å²) < 4.78 is 40.0. The molecule has 1 atom stereocenters. The van der Waals surface area contributed by atoms with Gasteiger partial charge < -0.3 is 4.74 Å². The van der Waals surface area contributed by atoms with E-state index in [1.165, 1.54) is 0 Å². The molecule has 0 aliphatic heterocycles. The number of alkyl halides is 4. The van der Waals surface area contributed by atoms with E-state index in [-0.39, 0.29) is 13.0 Å². The van der Waals surface area contributed by atoms with Crippen LogP contribution in [0.3, 0.4) is 0 Å². The Labute approximate surface area is 84.8 Å². The molecule has 0 bridgehead atoms. The second kappa shape index (κ2) is 6.65. The number of rotatable bonds is 6. The number of hydrogen-bond acceptors (Lipinski definition) is 1. The van der Waals surface area contributed by atoms with Gasteiger partial charge in [0.05, 0.1) is 0 Å². The molecule has 0 saturated heterocycles. The van der Waals surface area contributed by atoms with Gasteiger partial charge in [0.15, 0.2) is 0 Å². The minimum absolute atomic E-state index is 0.0541. The zero-order valence-electron chi connectivity index (χ0n) is 7.53. The fourth-order valence-corrected chi connectivity index (χ4v) is 0.891. The monoisotopic (exact) mass is 262 g/mol. The Kier molecular flexibility index (Phi) is 6.77. The third-order valence-electron chi connectivity index (χ3n) is 1.41. The van der Waals surface area contributed by atoms with Crippen molar-refractivity contribution in [1.82, 2.24) is 0 Å². The average molecular weight is 263 g/mol. The summed E-state index contributed by atoms with van der Waals surface area (Å²) in [5.41, 5.74) is 0. The maximum Gasteiger partial charge on any atom is 0.389 e. The second-order valence-corrected chi connectivity index (χ2v) is 3.70. The Morgan fingerprint density at radius 2 is 2.00 bits per heavy atom. The first kappa shape index (κ1) is 13.2. The molecule has 0 fully saturated rings. The highest BCUT2D eigenvalue weighted by Gasteiger charge is 2.25. The molecule has 0 rings (SSSR count). The molecule has 0 spiro atoms. The van der Waals surface area contributed by atoms with Crippen molar-refractivity contribution in [2.24, 2.45) is 5.92 Å². The summed E-state index contributed by atoms with van der Waals surface area (Å²) >= 11 is 3.26. The van der Waals surface area contributed by atoms with E-state index in [0.717, 1.165) is 5.33 Å². The SMILES string of the molecule is CC(CBr)COCCCC(F)(F)F. The summed E-state index contributed by atoms with van der Waals surface area (Å²) in [4.78, 5) is 0. The van der Waals surface area contributed by atoms with Crippen LogP contribution in [0.4, 0.5) is 13.2 Å². The molecular formula is C8H14BrF3O. The van der Waals surface area contributed by atoms with E-state index >= 15 is 0 Å². The van der Waals surface area contributed by atoms with E-state index in [1.807, 2.05) is 6.92 Å². The van der Waals surface area contributed by atoms with Gasteiger partial charge in [0.1, 0.15) is 0 Å². The van der Waals surface area contributed by atoms with Gasteiger partial charge in [-0.05, 0) is 12.3 Å². The third kappa shape index (κ3) is 10.1. The van der Waals surface area contributed by atoms with E-state index in [4.69, 9.17) is 4.74 Å². The molecule has 0 aliphatic carbocycles. The summed E-state index contributed by atoms with van der Waals surface area (Å²) in [6.07, 6.45) is -4.75. The van der Waals surface area contributed by atoms with E-state index < -0.39 is 12.6 Å². The molecule has 0 aromatic carbocycles. The fraction of sp³-hybridized carbons (Fsp3) is 1.00. The highest BCUT2D eigenvalue weighted by Crippen LogP contribution is 2.21. The highest BCUT2D eigenvalue weighted by molar-refractivity contribution is 9.09. The molecule has 0 aromatic rings. The topological polar surface area (TPSA) is 9.23 Å². The highest BCUT2D eigenvalue weighted by atomic mass is 79.9. The minimum atomic E-state index is -4.05. The van der Waals surface area contributed by atoms with Crippen molar-refractivity contribution >= 4 is 15.9 Å². The van der Waals surface area contributed by atoms with Crippen molar-refractivity contribution in [2.75, 3.05) is 18.5 Å². The van der Waals surface area contributed by atoms with Gasteiger partial charge in [-0.15, -0.1) is 0 Å². The summed E-state index contributed by atoms with van der Waals surface area (Å²) in [6, 6.07) is 0. The van der Waals surface area contributed by atoms with Crippen molar-refractivity contribution < 1.29 is 17.9 Å². The lowest BCUT2D eigenvalue weighted by Gasteiger charge is -2.09. The van der Waals surface area contributed by atoms with Gasteiger partial charge in [-0.1, -0.05) is 22.9 Å². The Balaban J connectivity index is 3.18. The van der Waals surface area contributed by atoms with Crippen LogP contribution < -0.4 is 0 Å². The Hall–Kier alpha value is 0.230. The van der Waals surface area contributed by atoms with Gasteiger partial charge in [-0.25, -0.2) is 0 Å². The van der Waals surface area contributed by atoms with E-state index in [1.54, 1.807) is 0 Å². The van der Waals surface area contributed by atoms with Crippen LogP contribution in [0.1, 0.15) is 19.8 Å². The van der Waals surface area contributed by atoms with Crippen LogP contribution in [0.15, 0.2) is 0 Å². The van der Waals surface area contributed by atoms with Crippen LogP contribution in [0.5, 0.6) is 0 Å². The summed E-state index contributed by atoms with van der Waals surface area (Å²) in [5, 5.41) is 0.812. The molecule has 0 N–H and O–H groups in total. The normalized spacial score (nSPS) is 14.5. The maximum absolute atomic E-state index is 11.6. The molecule has 13 heavy (non-hydrogen) atoms. The zero-order chi connectivity index (χ0) is 10.3. The van der Waals surface area contributed by atoms with E-state index in [2.05, 4.69) is 15.9 Å². The lowest BCUT2D eigenvalue weighted by atomic mass is 10.2. The standard InChI is InChI=1S/C8H14BrF3O/c1-7(5-9)6-13-4-2-3-8(10,11)12/h7H,2-6H2,1H3. The quantitative estimate of drug-likeness (QED) is 0.527. The predicted molar refractivity (Wildman–Crippen MR) is 49.1 cm³/mol. The first-order chi connectivity index (χ1) is 5.95. The molecule has 0 saturated carbocycles. The lowest BCUT2D eigenvalue weighted by molar-refractivity contribution is -0.138. The van der Waals surface area contributed by atoms with Crippen LogP contribution in [-0.2, 0) is 4.74 Å². The van der Waals surface area contributed by atoms with Gasteiger partial charge in [0.25, 0.3) is 0 Å².